The van der Waals surface area contributed by atoms with Gasteiger partial charge in [-0.2, -0.15) is 0 Å². The van der Waals surface area contributed by atoms with E-state index in [9.17, 15) is 4.39 Å². The van der Waals surface area contributed by atoms with Gasteiger partial charge in [-0.1, -0.05) is 40.9 Å². The zero-order valence-electron chi connectivity index (χ0n) is 8.93. The SMILES string of the molecule is Fc1ccc(C(Cl)c2cc(Cl)ccc2Cl)cc1Cl. The second kappa shape index (κ2) is 5.66. The Balaban J connectivity index is 2.44. The van der Waals surface area contributed by atoms with E-state index in [1.807, 2.05) is 0 Å². The standard InChI is InChI=1S/C13H7Cl4F/c14-8-2-3-10(15)9(6-8)13(17)7-1-4-12(18)11(16)5-7/h1-6,13H. The van der Waals surface area contributed by atoms with Crippen molar-refractivity contribution in [3.05, 3.63) is 68.4 Å². The Morgan fingerprint density at radius 2 is 1.61 bits per heavy atom. The number of benzene rings is 2. The van der Waals surface area contributed by atoms with Crippen LogP contribution in [0.15, 0.2) is 36.4 Å². The van der Waals surface area contributed by atoms with E-state index in [-0.39, 0.29) is 5.02 Å². The fourth-order valence-electron chi connectivity index (χ4n) is 1.56. The van der Waals surface area contributed by atoms with E-state index in [0.717, 1.165) is 0 Å². The van der Waals surface area contributed by atoms with Crippen molar-refractivity contribution in [2.24, 2.45) is 0 Å². The van der Waals surface area contributed by atoms with Crippen LogP contribution in [0, 0.1) is 5.82 Å². The van der Waals surface area contributed by atoms with E-state index in [1.54, 1.807) is 24.3 Å². The van der Waals surface area contributed by atoms with Gasteiger partial charge in [0.2, 0.25) is 0 Å². The van der Waals surface area contributed by atoms with E-state index in [1.165, 1.54) is 12.1 Å². The van der Waals surface area contributed by atoms with Gasteiger partial charge in [-0.15, -0.1) is 11.6 Å². The molecule has 0 N–H and O–H groups in total. The molecule has 0 heterocycles. The lowest BCUT2D eigenvalue weighted by atomic mass is 10.0. The average molecular weight is 324 g/mol. The third-order valence-corrected chi connectivity index (χ3v) is 3.82. The fraction of sp³-hybridized carbons (Fsp3) is 0.0769. The Kier molecular flexibility index (Phi) is 4.39. The van der Waals surface area contributed by atoms with E-state index in [0.29, 0.717) is 21.2 Å². The van der Waals surface area contributed by atoms with Crippen LogP contribution in [0.2, 0.25) is 15.1 Å². The summed E-state index contributed by atoms with van der Waals surface area (Å²) in [5.74, 6) is -0.485. The van der Waals surface area contributed by atoms with Crippen LogP contribution in [0.5, 0.6) is 0 Å². The first-order valence-corrected chi connectivity index (χ1v) is 6.60. The number of halogens is 5. The van der Waals surface area contributed by atoms with Crippen LogP contribution in [0.3, 0.4) is 0 Å². The average Bonchev–Trinajstić information content (AvgIpc) is 2.35. The molecule has 0 spiro atoms. The molecule has 0 saturated heterocycles. The molecule has 0 aliphatic carbocycles. The minimum absolute atomic E-state index is 0.0244. The Labute approximate surface area is 124 Å². The maximum atomic E-state index is 13.1. The highest BCUT2D eigenvalue weighted by molar-refractivity contribution is 6.35. The van der Waals surface area contributed by atoms with Crippen molar-refractivity contribution in [2.45, 2.75) is 5.38 Å². The van der Waals surface area contributed by atoms with Gasteiger partial charge in [-0.05, 0) is 41.5 Å². The molecule has 0 radical (unpaired) electrons. The third-order valence-electron chi connectivity index (χ3n) is 2.47. The van der Waals surface area contributed by atoms with E-state index < -0.39 is 11.2 Å². The molecule has 0 amide bonds. The van der Waals surface area contributed by atoms with Gasteiger partial charge in [-0.3, -0.25) is 0 Å². The maximum absolute atomic E-state index is 13.1. The van der Waals surface area contributed by atoms with Crippen molar-refractivity contribution in [3.8, 4) is 0 Å². The molecule has 0 aromatic heterocycles. The van der Waals surface area contributed by atoms with Crippen LogP contribution in [0.1, 0.15) is 16.5 Å². The summed E-state index contributed by atoms with van der Waals surface area (Å²) in [5, 5.41) is 0.527. The van der Waals surface area contributed by atoms with Gasteiger partial charge in [0.15, 0.2) is 0 Å². The van der Waals surface area contributed by atoms with Crippen LogP contribution in [-0.2, 0) is 0 Å². The fourth-order valence-corrected chi connectivity index (χ4v) is 2.53. The molecule has 0 nitrogen and oxygen atoms in total. The zero-order valence-corrected chi connectivity index (χ0v) is 12.0. The number of alkyl halides is 1. The molecule has 0 fully saturated rings. The normalized spacial score (nSPS) is 12.5. The maximum Gasteiger partial charge on any atom is 0.141 e. The first-order valence-electron chi connectivity index (χ1n) is 5.03. The molecule has 5 heteroatoms. The molecule has 0 aliphatic rings. The summed E-state index contributed by atoms with van der Waals surface area (Å²) in [6.07, 6.45) is 0. The molecule has 2 aromatic rings. The lowest BCUT2D eigenvalue weighted by Gasteiger charge is -2.13. The van der Waals surface area contributed by atoms with Gasteiger partial charge < -0.3 is 0 Å². The number of rotatable bonds is 2. The van der Waals surface area contributed by atoms with Gasteiger partial charge in [-0.25, -0.2) is 4.39 Å². The summed E-state index contributed by atoms with van der Waals surface area (Å²) in [5.41, 5.74) is 1.32. The Hall–Kier alpha value is -0.470. The minimum atomic E-state index is -0.533. The number of hydrogen-bond acceptors (Lipinski definition) is 0. The molecule has 0 bridgehead atoms. The summed E-state index contributed by atoms with van der Waals surface area (Å²) < 4.78 is 13.1. The smallest absolute Gasteiger partial charge is 0.141 e. The molecule has 1 atom stereocenters. The van der Waals surface area contributed by atoms with Crippen LogP contribution in [-0.4, -0.2) is 0 Å². The van der Waals surface area contributed by atoms with Crippen molar-refractivity contribution in [2.75, 3.05) is 0 Å². The monoisotopic (exact) mass is 322 g/mol. The van der Waals surface area contributed by atoms with Crippen LogP contribution < -0.4 is 0 Å². The Morgan fingerprint density at radius 3 is 2.28 bits per heavy atom. The van der Waals surface area contributed by atoms with Gasteiger partial charge in [0.25, 0.3) is 0 Å². The zero-order chi connectivity index (χ0) is 13.3. The van der Waals surface area contributed by atoms with Crippen LogP contribution in [0.25, 0.3) is 0 Å². The van der Waals surface area contributed by atoms with Gasteiger partial charge in [0, 0.05) is 10.0 Å². The molecule has 0 aliphatic heterocycles. The third kappa shape index (κ3) is 2.92. The topological polar surface area (TPSA) is 0 Å². The summed E-state index contributed by atoms with van der Waals surface area (Å²) in [7, 11) is 0. The lowest BCUT2D eigenvalue weighted by Crippen LogP contribution is -1.95. The van der Waals surface area contributed by atoms with Crippen molar-refractivity contribution >= 4 is 46.4 Å². The van der Waals surface area contributed by atoms with Crippen LogP contribution >= 0.6 is 46.4 Å². The molecule has 1 unspecified atom stereocenters. The highest BCUT2D eigenvalue weighted by Gasteiger charge is 2.16. The number of hydrogen-bond donors (Lipinski definition) is 0. The van der Waals surface area contributed by atoms with Crippen LogP contribution in [0.4, 0.5) is 4.39 Å². The molecule has 0 saturated carbocycles. The van der Waals surface area contributed by atoms with Gasteiger partial charge in [0.05, 0.1) is 10.4 Å². The lowest BCUT2D eigenvalue weighted by molar-refractivity contribution is 0.627. The van der Waals surface area contributed by atoms with Gasteiger partial charge in [0.1, 0.15) is 5.82 Å². The van der Waals surface area contributed by atoms with E-state index in [4.69, 9.17) is 46.4 Å². The van der Waals surface area contributed by atoms with Crippen molar-refractivity contribution in [1.29, 1.82) is 0 Å². The van der Waals surface area contributed by atoms with Crippen molar-refractivity contribution in [1.82, 2.24) is 0 Å². The predicted molar refractivity (Wildman–Crippen MR) is 75.6 cm³/mol. The van der Waals surface area contributed by atoms with Crippen molar-refractivity contribution in [3.63, 3.8) is 0 Å². The Bertz CT molecular complexity index is 583. The quantitative estimate of drug-likeness (QED) is 0.584. The largest absolute Gasteiger partial charge is 0.205 e. The summed E-state index contributed by atoms with van der Waals surface area (Å²) >= 11 is 24.0. The summed E-state index contributed by atoms with van der Waals surface area (Å²) in [4.78, 5) is 0. The van der Waals surface area contributed by atoms with E-state index >= 15 is 0 Å². The summed E-state index contributed by atoms with van der Waals surface area (Å²) in [6, 6.07) is 9.33. The molecular weight excluding hydrogens is 317 g/mol. The minimum Gasteiger partial charge on any atom is -0.205 e. The molecule has 2 rings (SSSR count). The molecular formula is C13H7Cl4F. The highest BCUT2D eigenvalue weighted by atomic mass is 35.5. The molecule has 18 heavy (non-hydrogen) atoms. The summed E-state index contributed by atoms with van der Waals surface area (Å²) in [6.45, 7) is 0. The first-order chi connectivity index (χ1) is 8.49. The second-order valence-electron chi connectivity index (χ2n) is 3.70. The molecule has 2 aromatic carbocycles. The van der Waals surface area contributed by atoms with E-state index in [2.05, 4.69) is 0 Å². The second-order valence-corrected chi connectivity index (χ2v) is 5.39. The van der Waals surface area contributed by atoms with Gasteiger partial charge >= 0.3 is 0 Å². The Morgan fingerprint density at radius 1 is 0.889 bits per heavy atom. The highest BCUT2D eigenvalue weighted by Crippen LogP contribution is 2.36. The molecule has 94 valence electrons. The van der Waals surface area contributed by atoms with Crippen molar-refractivity contribution < 1.29 is 4.39 Å². The predicted octanol–water partition coefficient (Wildman–Crippen LogP) is 6.11. The first kappa shape index (κ1) is 14.0.